The lowest BCUT2D eigenvalue weighted by Gasteiger charge is -2.09. The maximum absolute atomic E-state index is 6.33. The Hall–Kier alpha value is -10.9. The Balaban J connectivity index is 0.000000108. The molecule has 0 aliphatic heterocycles. The van der Waals surface area contributed by atoms with E-state index in [2.05, 4.69) is 138 Å². The minimum Gasteiger partial charge on any atom is -0.456 e. The SMILES string of the molecule is Clc1nc(-c2ccccc2)nc(-c2cc3c4ccccc4oc3c3ccccc23)n1.Clc1nc(-c2ccccc2)nc(-c2cc3c4ccccc4sc3c3ccccc23)n1.Clc1nc(-c2ccccc2)nc(-c2ccc3oc4cc5ccccc5cc4c3c2)n1. The van der Waals surface area contributed by atoms with E-state index in [1.54, 1.807) is 0 Å². The lowest BCUT2D eigenvalue weighted by Crippen LogP contribution is -1.97. The third kappa shape index (κ3) is 10.2. The third-order valence-electron chi connectivity index (χ3n) is 15.8. The first kappa shape index (κ1) is 54.5. The standard InChI is InChI=1S/2C25H14ClN3O.C25H14ClN3S/c26-25-28-23(15-8-2-1-3-9-15)27-24(29-25)20-14-19-17-11-6-7-13-21(17)30-22(19)18-12-5-4-10-16(18)20;26-25-28-23(15-6-2-1-3-7-15)27-24(29-25)18-10-11-21-19(13-18)20-12-16-8-4-5-9-17(16)14-22(20)30-21;26-25-28-23(15-8-2-1-3-9-15)27-24(29-25)20-14-19-17-11-6-7-13-21(17)30-22(19)18-12-5-4-10-16(18)20/h3*1-14H. The second-order valence-corrected chi connectivity index (χ2v) is 23.3. The Morgan fingerprint density at radius 3 is 1.28 bits per heavy atom. The van der Waals surface area contributed by atoms with Crippen molar-refractivity contribution in [2.45, 2.75) is 0 Å². The number of benzene rings is 12. The van der Waals surface area contributed by atoms with Crippen molar-refractivity contribution in [3.8, 4) is 68.3 Å². The Morgan fingerprint density at radius 2 is 0.678 bits per heavy atom. The number of hydrogen-bond donors (Lipinski definition) is 0. The summed E-state index contributed by atoms with van der Waals surface area (Å²) in [6.07, 6.45) is 0. The first-order valence-corrected chi connectivity index (χ1v) is 30.7. The van der Waals surface area contributed by atoms with Gasteiger partial charge in [0.2, 0.25) is 15.9 Å². The minimum atomic E-state index is 0.167. The van der Waals surface area contributed by atoms with Gasteiger partial charge in [0.25, 0.3) is 0 Å². The van der Waals surface area contributed by atoms with Crippen molar-refractivity contribution in [1.82, 2.24) is 44.9 Å². The van der Waals surface area contributed by atoms with E-state index in [0.29, 0.717) is 34.9 Å². The van der Waals surface area contributed by atoms with Gasteiger partial charge in [0.15, 0.2) is 34.9 Å². The van der Waals surface area contributed by atoms with Gasteiger partial charge in [-0.15, -0.1) is 11.3 Å². The van der Waals surface area contributed by atoms with Crippen LogP contribution in [0.2, 0.25) is 15.9 Å². The van der Waals surface area contributed by atoms with Gasteiger partial charge in [-0.1, -0.05) is 200 Å². The van der Waals surface area contributed by atoms with Crippen molar-refractivity contribution >= 4 is 143 Å². The molecule has 0 fully saturated rings. The predicted molar refractivity (Wildman–Crippen MR) is 367 cm³/mol. The summed E-state index contributed by atoms with van der Waals surface area (Å²) < 4.78 is 14.8. The van der Waals surface area contributed by atoms with Crippen molar-refractivity contribution in [3.05, 3.63) is 271 Å². The van der Waals surface area contributed by atoms with Crippen LogP contribution in [0.5, 0.6) is 0 Å². The highest BCUT2D eigenvalue weighted by Gasteiger charge is 2.20. The summed E-state index contributed by atoms with van der Waals surface area (Å²) >= 11 is 20.7. The molecule has 0 aliphatic carbocycles. The predicted octanol–water partition coefficient (Wildman–Crippen LogP) is 21.2. The number of halogens is 3. The molecule has 6 heterocycles. The van der Waals surface area contributed by atoms with E-state index in [0.717, 1.165) is 98.8 Å². The molecule has 0 atom stereocenters. The average molecular weight is 1240 g/mol. The molecule has 0 spiro atoms. The van der Waals surface area contributed by atoms with E-state index in [-0.39, 0.29) is 15.9 Å². The van der Waals surface area contributed by atoms with Gasteiger partial charge in [0.05, 0.1) is 0 Å². The third-order valence-corrected chi connectivity index (χ3v) is 17.5. The summed E-state index contributed by atoms with van der Waals surface area (Å²) in [6, 6.07) is 85.2. The molecular formula is C75H42Cl3N9O2S. The normalized spacial score (nSPS) is 11.5. The molecule has 0 aliphatic rings. The maximum atomic E-state index is 6.33. The van der Waals surface area contributed by atoms with Crippen molar-refractivity contribution in [2.24, 2.45) is 0 Å². The monoisotopic (exact) mass is 1240 g/mol. The van der Waals surface area contributed by atoms with Crippen LogP contribution in [-0.2, 0) is 0 Å². The Morgan fingerprint density at radius 1 is 0.256 bits per heavy atom. The molecule has 15 heteroatoms. The fraction of sp³-hybridized carbons (Fsp3) is 0. The Kier molecular flexibility index (Phi) is 13.9. The smallest absolute Gasteiger partial charge is 0.226 e. The molecule has 426 valence electrons. The minimum absolute atomic E-state index is 0.167. The van der Waals surface area contributed by atoms with Crippen LogP contribution < -0.4 is 0 Å². The summed E-state index contributed by atoms with van der Waals surface area (Å²) in [5.74, 6) is 3.33. The molecule has 0 amide bonds. The van der Waals surface area contributed by atoms with Gasteiger partial charge in [0.1, 0.15) is 22.3 Å². The molecule has 0 saturated carbocycles. The van der Waals surface area contributed by atoms with Crippen molar-refractivity contribution < 1.29 is 8.83 Å². The van der Waals surface area contributed by atoms with Gasteiger partial charge in [-0.3, -0.25) is 0 Å². The first-order valence-electron chi connectivity index (χ1n) is 28.7. The van der Waals surface area contributed by atoms with Crippen LogP contribution in [0.3, 0.4) is 0 Å². The molecule has 18 rings (SSSR count). The fourth-order valence-electron chi connectivity index (χ4n) is 11.6. The molecule has 11 nitrogen and oxygen atoms in total. The Labute approximate surface area is 531 Å². The van der Waals surface area contributed by atoms with Gasteiger partial charge in [-0.25, -0.2) is 15.0 Å². The van der Waals surface area contributed by atoms with Crippen LogP contribution in [0.15, 0.2) is 264 Å². The van der Waals surface area contributed by atoms with Gasteiger partial charge in [-0.2, -0.15) is 29.9 Å². The number of para-hydroxylation sites is 1. The Bertz CT molecular complexity index is 5570. The van der Waals surface area contributed by atoms with E-state index in [1.165, 1.54) is 30.9 Å². The summed E-state index contributed by atoms with van der Waals surface area (Å²) in [5, 5.41) is 13.8. The van der Waals surface area contributed by atoms with E-state index >= 15 is 0 Å². The van der Waals surface area contributed by atoms with Crippen LogP contribution in [0.25, 0.3) is 165 Å². The van der Waals surface area contributed by atoms with E-state index in [9.17, 15) is 0 Å². The van der Waals surface area contributed by atoms with E-state index in [1.807, 2.05) is 163 Å². The van der Waals surface area contributed by atoms with Crippen molar-refractivity contribution in [3.63, 3.8) is 0 Å². The highest BCUT2D eigenvalue weighted by molar-refractivity contribution is 7.26. The summed E-state index contributed by atoms with van der Waals surface area (Å²) in [5.41, 5.74) is 8.81. The quantitative estimate of drug-likeness (QED) is 0.157. The molecule has 0 bridgehead atoms. The highest BCUT2D eigenvalue weighted by atomic mass is 35.5. The second kappa shape index (κ2) is 23.0. The largest absolute Gasteiger partial charge is 0.456 e. The molecular weight excluding hydrogens is 1200 g/mol. The molecule has 0 unspecified atom stereocenters. The molecule has 0 saturated heterocycles. The molecule has 0 N–H and O–H groups in total. The zero-order valence-electron chi connectivity index (χ0n) is 47.1. The van der Waals surface area contributed by atoms with Gasteiger partial charge < -0.3 is 8.83 Å². The number of furan rings is 2. The van der Waals surface area contributed by atoms with Crippen molar-refractivity contribution in [1.29, 1.82) is 0 Å². The molecule has 0 radical (unpaired) electrons. The van der Waals surface area contributed by atoms with Crippen LogP contribution in [0, 0.1) is 0 Å². The summed E-state index contributed by atoms with van der Waals surface area (Å²) in [4.78, 5) is 40.5. The number of fused-ring (bicyclic) bond motifs is 14. The summed E-state index contributed by atoms with van der Waals surface area (Å²) in [7, 11) is 0. The lowest BCUT2D eigenvalue weighted by molar-refractivity contribution is 0.669. The molecule has 12 aromatic carbocycles. The van der Waals surface area contributed by atoms with Crippen LogP contribution >= 0.6 is 46.1 Å². The fourth-order valence-corrected chi connectivity index (χ4v) is 13.3. The van der Waals surface area contributed by atoms with Gasteiger partial charge in [-0.05, 0) is 111 Å². The molecule has 90 heavy (non-hydrogen) atoms. The van der Waals surface area contributed by atoms with Gasteiger partial charge in [0, 0.05) is 85.9 Å². The average Bonchev–Trinajstić information content (AvgIpc) is 1.57. The topological polar surface area (TPSA) is 142 Å². The number of nitrogens with zero attached hydrogens (tertiary/aromatic N) is 9. The van der Waals surface area contributed by atoms with E-state index < -0.39 is 0 Å². The lowest BCUT2D eigenvalue weighted by atomic mass is 9.99. The van der Waals surface area contributed by atoms with Crippen LogP contribution in [0.1, 0.15) is 0 Å². The van der Waals surface area contributed by atoms with Crippen LogP contribution in [0.4, 0.5) is 0 Å². The molecule has 18 aromatic rings. The van der Waals surface area contributed by atoms with Gasteiger partial charge >= 0.3 is 0 Å². The van der Waals surface area contributed by atoms with Crippen molar-refractivity contribution in [2.75, 3.05) is 0 Å². The summed E-state index contributed by atoms with van der Waals surface area (Å²) in [6.45, 7) is 0. The first-order chi connectivity index (χ1) is 44.3. The number of rotatable bonds is 6. The van der Waals surface area contributed by atoms with E-state index in [4.69, 9.17) is 53.6 Å². The van der Waals surface area contributed by atoms with Crippen LogP contribution in [-0.4, -0.2) is 44.9 Å². The zero-order valence-corrected chi connectivity index (χ0v) is 50.2. The molecule has 6 aromatic heterocycles. The number of hydrogen-bond acceptors (Lipinski definition) is 12. The highest BCUT2D eigenvalue weighted by Crippen LogP contribution is 2.44. The second-order valence-electron chi connectivity index (χ2n) is 21.3. The number of aromatic nitrogens is 9. The maximum Gasteiger partial charge on any atom is 0.226 e. The number of thiophene rings is 1. The zero-order chi connectivity index (χ0) is 60.2.